The van der Waals surface area contributed by atoms with Crippen LogP contribution in [0.3, 0.4) is 0 Å². The average molecular weight is 175 g/mol. The van der Waals surface area contributed by atoms with E-state index in [0.29, 0.717) is 0 Å². The molecule has 0 amide bonds. The standard InChI is InChI=1S/C8H17NO3/c1-3-6(2)8(12,5-9)4-7(10)11/h6,12H,3-5,9H2,1-2H3,(H,10,11). The van der Waals surface area contributed by atoms with Gasteiger partial charge in [-0.15, -0.1) is 0 Å². The van der Waals surface area contributed by atoms with Crippen LogP contribution in [0.4, 0.5) is 0 Å². The second-order valence-electron chi connectivity index (χ2n) is 3.19. The van der Waals surface area contributed by atoms with Crippen molar-refractivity contribution in [2.24, 2.45) is 11.7 Å². The Labute approximate surface area is 72.4 Å². The van der Waals surface area contributed by atoms with Crippen molar-refractivity contribution in [2.75, 3.05) is 6.54 Å². The van der Waals surface area contributed by atoms with Crippen molar-refractivity contribution in [3.63, 3.8) is 0 Å². The van der Waals surface area contributed by atoms with E-state index < -0.39 is 11.6 Å². The van der Waals surface area contributed by atoms with Crippen molar-refractivity contribution < 1.29 is 15.0 Å². The number of rotatable bonds is 5. The highest BCUT2D eigenvalue weighted by Gasteiger charge is 2.33. The van der Waals surface area contributed by atoms with Crippen LogP contribution in [0, 0.1) is 5.92 Å². The Morgan fingerprint density at radius 3 is 2.42 bits per heavy atom. The Hall–Kier alpha value is -0.610. The quantitative estimate of drug-likeness (QED) is 0.557. The maximum atomic E-state index is 10.4. The van der Waals surface area contributed by atoms with Crippen molar-refractivity contribution in [3.05, 3.63) is 0 Å². The van der Waals surface area contributed by atoms with Gasteiger partial charge in [0.1, 0.15) is 0 Å². The molecule has 0 aromatic rings. The van der Waals surface area contributed by atoms with Crippen molar-refractivity contribution in [2.45, 2.75) is 32.3 Å². The van der Waals surface area contributed by atoms with Gasteiger partial charge in [-0.1, -0.05) is 20.3 Å². The van der Waals surface area contributed by atoms with Crippen LogP contribution < -0.4 is 5.73 Å². The zero-order valence-electron chi connectivity index (χ0n) is 7.58. The molecule has 0 radical (unpaired) electrons. The van der Waals surface area contributed by atoms with E-state index in [1.807, 2.05) is 6.92 Å². The molecule has 0 aromatic carbocycles. The lowest BCUT2D eigenvalue weighted by Crippen LogP contribution is -2.45. The third-order valence-corrected chi connectivity index (χ3v) is 2.34. The maximum absolute atomic E-state index is 10.4. The van der Waals surface area contributed by atoms with E-state index in [1.165, 1.54) is 0 Å². The molecule has 12 heavy (non-hydrogen) atoms. The van der Waals surface area contributed by atoms with E-state index in [9.17, 15) is 9.90 Å². The Balaban J connectivity index is 4.32. The van der Waals surface area contributed by atoms with Crippen LogP contribution >= 0.6 is 0 Å². The highest BCUT2D eigenvalue weighted by Crippen LogP contribution is 2.22. The van der Waals surface area contributed by atoms with Gasteiger partial charge in [0.15, 0.2) is 0 Å². The van der Waals surface area contributed by atoms with Gasteiger partial charge < -0.3 is 15.9 Å². The van der Waals surface area contributed by atoms with E-state index in [4.69, 9.17) is 10.8 Å². The van der Waals surface area contributed by atoms with Gasteiger partial charge in [-0.3, -0.25) is 4.79 Å². The Morgan fingerprint density at radius 1 is 1.67 bits per heavy atom. The predicted octanol–water partition coefficient (Wildman–Crippen LogP) is 0.197. The van der Waals surface area contributed by atoms with Crippen LogP contribution in [-0.2, 0) is 4.79 Å². The van der Waals surface area contributed by atoms with Crippen LogP contribution in [0.25, 0.3) is 0 Å². The number of hydrogen-bond donors (Lipinski definition) is 3. The number of aliphatic carboxylic acids is 1. The zero-order valence-corrected chi connectivity index (χ0v) is 7.58. The van der Waals surface area contributed by atoms with Gasteiger partial charge in [0.25, 0.3) is 0 Å². The number of carboxylic acid groups (broad SMARTS) is 1. The summed E-state index contributed by atoms with van der Waals surface area (Å²) in [4.78, 5) is 10.4. The molecule has 0 rings (SSSR count). The summed E-state index contributed by atoms with van der Waals surface area (Å²) in [5, 5.41) is 18.3. The minimum atomic E-state index is -1.25. The minimum absolute atomic E-state index is 0.00565. The molecule has 0 aromatic heterocycles. The van der Waals surface area contributed by atoms with Crippen LogP contribution in [0.5, 0.6) is 0 Å². The second-order valence-corrected chi connectivity index (χ2v) is 3.19. The summed E-state index contributed by atoms with van der Waals surface area (Å²) < 4.78 is 0. The number of nitrogens with two attached hydrogens (primary N) is 1. The molecule has 0 spiro atoms. The molecule has 0 fully saturated rings. The molecule has 2 atom stereocenters. The van der Waals surface area contributed by atoms with Gasteiger partial charge in [0.2, 0.25) is 0 Å². The van der Waals surface area contributed by atoms with Gasteiger partial charge in [-0.2, -0.15) is 0 Å². The lowest BCUT2D eigenvalue weighted by Gasteiger charge is -2.30. The molecule has 0 aliphatic heterocycles. The van der Waals surface area contributed by atoms with Gasteiger partial charge in [0, 0.05) is 6.54 Å². The van der Waals surface area contributed by atoms with Gasteiger partial charge in [-0.25, -0.2) is 0 Å². The lowest BCUT2D eigenvalue weighted by atomic mass is 9.84. The molecular weight excluding hydrogens is 158 g/mol. The van der Waals surface area contributed by atoms with E-state index in [1.54, 1.807) is 6.92 Å². The summed E-state index contributed by atoms with van der Waals surface area (Å²) in [6.07, 6.45) is 0.444. The Morgan fingerprint density at radius 2 is 2.17 bits per heavy atom. The fourth-order valence-corrected chi connectivity index (χ4v) is 1.09. The summed E-state index contributed by atoms with van der Waals surface area (Å²) in [6.45, 7) is 3.69. The molecule has 0 heterocycles. The highest BCUT2D eigenvalue weighted by molar-refractivity contribution is 5.68. The third-order valence-electron chi connectivity index (χ3n) is 2.34. The monoisotopic (exact) mass is 175 g/mol. The molecule has 0 aliphatic carbocycles. The predicted molar refractivity (Wildman–Crippen MR) is 45.7 cm³/mol. The van der Waals surface area contributed by atoms with Crippen LogP contribution in [0.2, 0.25) is 0 Å². The molecular formula is C8H17NO3. The first kappa shape index (κ1) is 11.4. The largest absolute Gasteiger partial charge is 0.481 e. The molecule has 4 N–H and O–H groups in total. The van der Waals surface area contributed by atoms with E-state index >= 15 is 0 Å². The first-order valence-electron chi connectivity index (χ1n) is 4.10. The minimum Gasteiger partial charge on any atom is -0.481 e. The second kappa shape index (κ2) is 4.42. The Bertz CT molecular complexity index is 160. The number of carboxylic acids is 1. The van der Waals surface area contributed by atoms with Gasteiger partial charge in [0.05, 0.1) is 12.0 Å². The molecule has 0 saturated carbocycles. The average Bonchev–Trinajstić information content (AvgIpc) is 2.01. The molecule has 0 saturated heterocycles. The van der Waals surface area contributed by atoms with Crippen LogP contribution in [0.15, 0.2) is 0 Å². The molecule has 4 nitrogen and oxygen atoms in total. The summed E-state index contributed by atoms with van der Waals surface area (Å²) in [6, 6.07) is 0. The normalized spacial score (nSPS) is 18.3. The topological polar surface area (TPSA) is 83.5 Å². The molecule has 0 aliphatic rings. The number of hydrogen-bond acceptors (Lipinski definition) is 3. The zero-order chi connectivity index (χ0) is 9.78. The first-order valence-corrected chi connectivity index (χ1v) is 4.10. The summed E-state index contributed by atoms with van der Waals surface area (Å²) in [7, 11) is 0. The van der Waals surface area contributed by atoms with Crippen molar-refractivity contribution >= 4 is 5.97 Å². The van der Waals surface area contributed by atoms with Crippen LogP contribution in [-0.4, -0.2) is 28.3 Å². The number of aliphatic hydroxyl groups is 1. The van der Waals surface area contributed by atoms with Gasteiger partial charge in [-0.05, 0) is 5.92 Å². The molecule has 4 heteroatoms. The highest BCUT2D eigenvalue weighted by atomic mass is 16.4. The van der Waals surface area contributed by atoms with E-state index in [0.717, 1.165) is 6.42 Å². The van der Waals surface area contributed by atoms with Crippen LogP contribution in [0.1, 0.15) is 26.7 Å². The fraction of sp³-hybridized carbons (Fsp3) is 0.875. The molecule has 0 bridgehead atoms. The maximum Gasteiger partial charge on any atom is 0.306 e. The molecule has 72 valence electrons. The summed E-state index contributed by atoms with van der Waals surface area (Å²) in [5.74, 6) is -1.10. The summed E-state index contributed by atoms with van der Waals surface area (Å²) in [5.41, 5.74) is 4.07. The van der Waals surface area contributed by atoms with Gasteiger partial charge >= 0.3 is 5.97 Å². The van der Waals surface area contributed by atoms with Crippen molar-refractivity contribution in [1.29, 1.82) is 0 Å². The Kier molecular flexibility index (Phi) is 4.20. The SMILES string of the molecule is CCC(C)C(O)(CN)CC(=O)O. The summed E-state index contributed by atoms with van der Waals surface area (Å²) >= 11 is 0. The van der Waals surface area contributed by atoms with E-state index in [-0.39, 0.29) is 18.9 Å². The lowest BCUT2D eigenvalue weighted by molar-refractivity contribution is -0.144. The van der Waals surface area contributed by atoms with Crippen molar-refractivity contribution in [1.82, 2.24) is 0 Å². The third kappa shape index (κ3) is 2.79. The smallest absolute Gasteiger partial charge is 0.306 e. The number of carbonyl (C=O) groups is 1. The van der Waals surface area contributed by atoms with Crippen molar-refractivity contribution in [3.8, 4) is 0 Å². The fourth-order valence-electron chi connectivity index (χ4n) is 1.09. The van der Waals surface area contributed by atoms with E-state index in [2.05, 4.69) is 0 Å². The first-order chi connectivity index (χ1) is 5.46. The molecule has 2 unspecified atom stereocenters.